The van der Waals surface area contributed by atoms with Gasteiger partial charge < -0.3 is 11.1 Å². The minimum Gasteiger partial charge on any atom is -0.368 e. The van der Waals surface area contributed by atoms with Crippen molar-refractivity contribution in [1.29, 1.82) is 0 Å². The Balaban J connectivity index is 1.79. The van der Waals surface area contributed by atoms with E-state index in [9.17, 15) is 4.79 Å². The molecule has 1 amide bonds. The third-order valence-electron chi connectivity index (χ3n) is 5.98. The Morgan fingerprint density at radius 1 is 0.815 bits per heavy atom. The van der Waals surface area contributed by atoms with E-state index < -0.39 is 0 Å². The summed E-state index contributed by atoms with van der Waals surface area (Å²) in [6.45, 7) is 5.95. The van der Waals surface area contributed by atoms with Crippen molar-refractivity contribution in [3.05, 3.63) is 0 Å². The van der Waals surface area contributed by atoms with E-state index >= 15 is 0 Å². The molecule has 0 saturated carbocycles. The summed E-state index contributed by atoms with van der Waals surface area (Å²) in [5, 5.41) is 3.26. The number of rotatable bonds is 18. The lowest BCUT2D eigenvalue weighted by atomic mass is 10.0. The first-order valence-electron chi connectivity index (χ1n) is 12.0. The fourth-order valence-electron chi connectivity index (χ4n) is 4.16. The molecular formula is C23H47N3O. The van der Waals surface area contributed by atoms with Crippen molar-refractivity contribution >= 4 is 5.91 Å². The number of nitrogens with one attached hydrogen (secondary N) is 1. The van der Waals surface area contributed by atoms with Gasteiger partial charge in [-0.3, -0.25) is 9.69 Å². The number of hydrogen-bond donors (Lipinski definition) is 2. The standard InChI is InChI=1S/C23H47N3O/c1-2-3-4-5-6-7-8-9-10-11-12-13-14-15-16-17-19-26-20-18-25-21-22(26)23(24)27/h22,25H,2-21H2,1H3,(H2,24,27). The van der Waals surface area contributed by atoms with Gasteiger partial charge in [-0.2, -0.15) is 0 Å². The van der Waals surface area contributed by atoms with Gasteiger partial charge in [0.05, 0.1) is 0 Å². The molecule has 27 heavy (non-hydrogen) atoms. The normalized spacial score (nSPS) is 18.0. The van der Waals surface area contributed by atoms with Crippen LogP contribution in [0.2, 0.25) is 0 Å². The molecular weight excluding hydrogens is 334 g/mol. The van der Waals surface area contributed by atoms with Crippen molar-refractivity contribution in [3.8, 4) is 0 Å². The number of nitrogens with two attached hydrogens (primary N) is 1. The van der Waals surface area contributed by atoms with Gasteiger partial charge in [0.15, 0.2) is 0 Å². The zero-order valence-electron chi connectivity index (χ0n) is 18.2. The summed E-state index contributed by atoms with van der Waals surface area (Å²) >= 11 is 0. The first kappa shape index (κ1) is 24.4. The smallest absolute Gasteiger partial charge is 0.236 e. The Labute approximate surface area is 169 Å². The lowest BCUT2D eigenvalue weighted by Crippen LogP contribution is -2.56. The molecule has 1 fully saturated rings. The molecule has 0 spiro atoms. The molecule has 160 valence electrons. The molecule has 1 atom stereocenters. The highest BCUT2D eigenvalue weighted by Crippen LogP contribution is 2.14. The monoisotopic (exact) mass is 381 g/mol. The second-order valence-corrected chi connectivity index (χ2v) is 8.46. The number of carbonyl (C=O) groups excluding carboxylic acids is 1. The zero-order chi connectivity index (χ0) is 19.6. The number of carbonyl (C=O) groups is 1. The molecule has 0 radical (unpaired) electrons. The summed E-state index contributed by atoms with van der Waals surface area (Å²) in [5.74, 6) is -0.182. The molecule has 4 heteroatoms. The van der Waals surface area contributed by atoms with Gasteiger partial charge in [0, 0.05) is 19.6 Å². The maximum atomic E-state index is 11.5. The van der Waals surface area contributed by atoms with E-state index in [0.717, 1.165) is 19.6 Å². The van der Waals surface area contributed by atoms with Crippen molar-refractivity contribution in [2.45, 2.75) is 116 Å². The van der Waals surface area contributed by atoms with E-state index in [2.05, 4.69) is 17.1 Å². The third kappa shape index (κ3) is 13.2. The quantitative estimate of drug-likeness (QED) is 0.328. The average molecular weight is 382 g/mol. The Hall–Kier alpha value is -0.610. The van der Waals surface area contributed by atoms with Crippen LogP contribution in [0.15, 0.2) is 0 Å². The van der Waals surface area contributed by atoms with Crippen LogP contribution in [0.5, 0.6) is 0 Å². The van der Waals surface area contributed by atoms with Crippen LogP contribution in [-0.2, 0) is 4.79 Å². The van der Waals surface area contributed by atoms with Crippen molar-refractivity contribution in [2.24, 2.45) is 5.73 Å². The summed E-state index contributed by atoms with van der Waals surface area (Å²) in [4.78, 5) is 13.7. The van der Waals surface area contributed by atoms with Crippen molar-refractivity contribution in [1.82, 2.24) is 10.2 Å². The second kappa shape index (κ2) is 17.5. The van der Waals surface area contributed by atoms with Crippen LogP contribution in [0, 0.1) is 0 Å². The maximum Gasteiger partial charge on any atom is 0.236 e. The van der Waals surface area contributed by atoms with Crippen molar-refractivity contribution in [2.75, 3.05) is 26.2 Å². The third-order valence-corrected chi connectivity index (χ3v) is 5.98. The van der Waals surface area contributed by atoms with Gasteiger partial charge in [-0.1, -0.05) is 103 Å². The van der Waals surface area contributed by atoms with Crippen LogP contribution < -0.4 is 11.1 Å². The van der Waals surface area contributed by atoms with E-state index in [0.29, 0.717) is 6.54 Å². The predicted molar refractivity (Wildman–Crippen MR) is 117 cm³/mol. The predicted octanol–water partition coefficient (Wildman–Crippen LogP) is 5.01. The van der Waals surface area contributed by atoms with E-state index in [1.54, 1.807) is 0 Å². The topological polar surface area (TPSA) is 58.4 Å². The minimum atomic E-state index is -0.182. The summed E-state index contributed by atoms with van der Waals surface area (Å²) in [5.41, 5.74) is 5.50. The van der Waals surface area contributed by atoms with Crippen LogP contribution in [0.25, 0.3) is 0 Å². The molecule has 3 N–H and O–H groups in total. The molecule has 0 aliphatic carbocycles. The Bertz CT molecular complexity index is 349. The fourth-order valence-corrected chi connectivity index (χ4v) is 4.16. The molecule has 0 aromatic carbocycles. The molecule has 1 aliphatic rings. The molecule has 1 rings (SSSR count). The molecule has 0 aromatic rings. The van der Waals surface area contributed by atoms with Crippen molar-refractivity contribution in [3.63, 3.8) is 0 Å². The number of piperazine rings is 1. The number of nitrogens with zero attached hydrogens (tertiary/aromatic N) is 1. The first-order valence-corrected chi connectivity index (χ1v) is 12.0. The highest BCUT2D eigenvalue weighted by Gasteiger charge is 2.25. The summed E-state index contributed by atoms with van der Waals surface area (Å²) in [6, 6.07) is -0.102. The van der Waals surface area contributed by atoms with Gasteiger partial charge in [-0.25, -0.2) is 0 Å². The summed E-state index contributed by atoms with van der Waals surface area (Å²) < 4.78 is 0. The minimum absolute atomic E-state index is 0.102. The van der Waals surface area contributed by atoms with Crippen LogP contribution in [0.4, 0.5) is 0 Å². The lowest BCUT2D eigenvalue weighted by Gasteiger charge is -2.34. The first-order chi connectivity index (χ1) is 13.3. The van der Waals surface area contributed by atoms with Crippen LogP contribution in [0.1, 0.15) is 110 Å². The fraction of sp³-hybridized carbons (Fsp3) is 0.957. The SMILES string of the molecule is CCCCCCCCCCCCCCCCCCN1CCNCC1C(N)=O. The average Bonchev–Trinajstić information content (AvgIpc) is 2.68. The Kier molecular flexibility index (Phi) is 15.8. The highest BCUT2D eigenvalue weighted by molar-refractivity contribution is 5.80. The van der Waals surface area contributed by atoms with Gasteiger partial charge in [0.1, 0.15) is 6.04 Å². The Morgan fingerprint density at radius 3 is 1.70 bits per heavy atom. The second-order valence-electron chi connectivity index (χ2n) is 8.46. The number of primary amides is 1. The number of hydrogen-bond acceptors (Lipinski definition) is 3. The Morgan fingerprint density at radius 2 is 1.26 bits per heavy atom. The molecule has 4 nitrogen and oxygen atoms in total. The highest BCUT2D eigenvalue weighted by atomic mass is 16.1. The van der Waals surface area contributed by atoms with Crippen molar-refractivity contribution < 1.29 is 4.79 Å². The number of amides is 1. The van der Waals surface area contributed by atoms with Gasteiger partial charge in [0.2, 0.25) is 5.91 Å². The van der Waals surface area contributed by atoms with Crippen LogP contribution in [0.3, 0.4) is 0 Å². The molecule has 1 unspecified atom stereocenters. The summed E-state index contributed by atoms with van der Waals surface area (Å²) in [6.07, 6.45) is 22.3. The lowest BCUT2D eigenvalue weighted by molar-refractivity contribution is -0.123. The van der Waals surface area contributed by atoms with Crippen LogP contribution >= 0.6 is 0 Å². The van der Waals surface area contributed by atoms with Gasteiger partial charge >= 0.3 is 0 Å². The van der Waals surface area contributed by atoms with Gasteiger partial charge in [-0.05, 0) is 13.0 Å². The molecule has 1 saturated heterocycles. The molecule has 0 aromatic heterocycles. The van der Waals surface area contributed by atoms with Gasteiger partial charge in [0.25, 0.3) is 0 Å². The zero-order valence-corrected chi connectivity index (χ0v) is 18.2. The van der Waals surface area contributed by atoms with Gasteiger partial charge in [-0.15, -0.1) is 0 Å². The van der Waals surface area contributed by atoms with E-state index in [1.807, 2.05) is 0 Å². The van der Waals surface area contributed by atoms with E-state index in [1.165, 1.54) is 103 Å². The molecule has 1 heterocycles. The van der Waals surface area contributed by atoms with Crippen LogP contribution in [-0.4, -0.2) is 43.0 Å². The van der Waals surface area contributed by atoms with E-state index in [-0.39, 0.29) is 11.9 Å². The molecule has 0 bridgehead atoms. The maximum absolute atomic E-state index is 11.5. The number of unbranched alkanes of at least 4 members (excludes halogenated alkanes) is 15. The largest absolute Gasteiger partial charge is 0.368 e. The summed E-state index contributed by atoms with van der Waals surface area (Å²) in [7, 11) is 0. The van der Waals surface area contributed by atoms with E-state index in [4.69, 9.17) is 5.73 Å². The molecule has 1 aliphatic heterocycles.